The standard InChI is InChI=1S/C15H20O3/c1-10-5-6-12(7-11(10)2)13(16)8-15(3,4)9-14(17)18/h5-7H,8-9H2,1-4H3,(H,17,18). The Morgan fingerprint density at radius 2 is 1.72 bits per heavy atom. The van der Waals surface area contributed by atoms with Crippen LogP contribution in [0.1, 0.15) is 48.2 Å². The summed E-state index contributed by atoms with van der Waals surface area (Å²) in [7, 11) is 0. The zero-order valence-electron chi connectivity index (χ0n) is 11.4. The Morgan fingerprint density at radius 1 is 1.11 bits per heavy atom. The maximum Gasteiger partial charge on any atom is 0.303 e. The number of Topliss-reactive ketones (excluding diaryl/α,β-unsaturated/α-hetero) is 1. The van der Waals surface area contributed by atoms with E-state index in [4.69, 9.17) is 5.11 Å². The molecule has 3 nitrogen and oxygen atoms in total. The van der Waals surface area contributed by atoms with Gasteiger partial charge in [-0.25, -0.2) is 0 Å². The molecule has 0 unspecified atom stereocenters. The van der Waals surface area contributed by atoms with Crippen molar-refractivity contribution in [1.29, 1.82) is 0 Å². The molecule has 1 aromatic carbocycles. The summed E-state index contributed by atoms with van der Waals surface area (Å²) in [6.45, 7) is 7.58. The van der Waals surface area contributed by atoms with Gasteiger partial charge in [0, 0.05) is 12.0 Å². The molecule has 1 aromatic rings. The molecule has 1 rings (SSSR count). The maximum atomic E-state index is 12.1. The fourth-order valence-electron chi connectivity index (χ4n) is 1.92. The molecule has 0 saturated carbocycles. The zero-order chi connectivity index (χ0) is 13.9. The van der Waals surface area contributed by atoms with Crippen LogP contribution in [0.25, 0.3) is 0 Å². The maximum absolute atomic E-state index is 12.1. The van der Waals surface area contributed by atoms with Crippen molar-refractivity contribution in [3.05, 3.63) is 34.9 Å². The highest BCUT2D eigenvalue weighted by Crippen LogP contribution is 2.27. The molecule has 0 saturated heterocycles. The third-order valence-electron chi connectivity index (χ3n) is 3.10. The number of ketones is 1. The summed E-state index contributed by atoms with van der Waals surface area (Å²) >= 11 is 0. The highest BCUT2D eigenvalue weighted by molar-refractivity contribution is 5.96. The third-order valence-corrected chi connectivity index (χ3v) is 3.10. The molecule has 0 aromatic heterocycles. The van der Waals surface area contributed by atoms with Gasteiger partial charge in [-0.2, -0.15) is 0 Å². The number of carbonyl (C=O) groups is 2. The van der Waals surface area contributed by atoms with Crippen molar-refractivity contribution in [2.75, 3.05) is 0 Å². The predicted molar refractivity (Wildman–Crippen MR) is 70.9 cm³/mol. The largest absolute Gasteiger partial charge is 0.481 e. The summed E-state index contributed by atoms with van der Waals surface area (Å²) in [5.41, 5.74) is 2.38. The Bertz CT molecular complexity index is 473. The molecule has 0 aliphatic carbocycles. The molecule has 1 N–H and O–H groups in total. The number of carboxylic acids is 1. The van der Waals surface area contributed by atoms with Gasteiger partial charge in [0.15, 0.2) is 5.78 Å². The summed E-state index contributed by atoms with van der Waals surface area (Å²) in [5.74, 6) is -0.864. The smallest absolute Gasteiger partial charge is 0.303 e. The van der Waals surface area contributed by atoms with Crippen LogP contribution in [0.2, 0.25) is 0 Å². The van der Waals surface area contributed by atoms with Gasteiger partial charge in [-0.1, -0.05) is 26.0 Å². The van der Waals surface area contributed by atoms with Gasteiger partial charge in [0.1, 0.15) is 0 Å². The minimum absolute atomic E-state index is 0.00356. The lowest BCUT2D eigenvalue weighted by Crippen LogP contribution is -2.21. The molecule has 0 bridgehead atoms. The highest BCUT2D eigenvalue weighted by Gasteiger charge is 2.25. The van der Waals surface area contributed by atoms with Crippen LogP contribution in [-0.4, -0.2) is 16.9 Å². The average Bonchev–Trinajstić information content (AvgIpc) is 2.19. The van der Waals surface area contributed by atoms with Crippen molar-refractivity contribution in [2.24, 2.45) is 5.41 Å². The second kappa shape index (κ2) is 5.34. The predicted octanol–water partition coefficient (Wildman–Crippen LogP) is 3.38. The monoisotopic (exact) mass is 248 g/mol. The zero-order valence-corrected chi connectivity index (χ0v) is 11.4. The second-order valence-corrected chi connectivity index (χ2v) is 5.63. The molecule has 0 amide bonds. The molecular weight excluding hydrogens is 228 g/mol. The quantitative estimate of drug-likeness (QED) is 0.813. The van der Waals surface area contributed by atoms with E-state index in [0.717, 1.165) is 11.1 Å². The van der Waals surface area contributed by atoms with Gasteiger partial charge in [-0.3, -0.25) is 9.59 Å². The number of rotatable bonds is 5. The van der Waals surface area contributed by atoms with Gasteiger partial charge in [-0.05, 0) is 36.5 Å². The lowest BCUT2D eigenvalue weighted by molar-refractivity contribution is -0.139. The summed E-state index contributed by atoms with van der Waals surface area (Å²) < 4.78 is 0. The Balaban J connectivity index is 2.82. The van der Waals surface area contributed by atoms with Crippen LogP contribution in [0.4, 0.5) is 0 Å². The molecule has 18 heavy (non-hydrogen) atoms. The van der Waals surface area contributed by atoms with Crippen LogP contribution >= 0.6 is 0 Å². The Kier molecular flexibility index (Phi) is 4.28. The Morgan fingerprint density at radius 3 is 2.22 bits per heavy atom. The third kappa shape index (κ3) is 3.99. The summed E-state index contributed by atoms with van der Waals surface area (Å²) in [6.07, 6.45) is 0.255. The van der Waals surface area contributed by atoms with Crippen molar-refractivity contribution in [3.8, 4) is 0 Å². The van der Waals surface area contributed by atoms with Gasteiger partial charge in [0.05, 0.1) is 6.42 Å². The van der Waals surface area contributed by atoms with Crippen molar-refractivity contribution >= 4 is 11.8 Å². The van der Waals surface area contributed by atoms with Gasteiger partial charge in [0.25, 0.3) is 0 Å². The average molecular weight is 248 g/mol. The summed E-state index contributed by atoms with van der Waals surface area (Å²) in [6, 6.07) is 5.60. The fourth-order valence-corrected chi connectivity index (χ4v) is 1.92. The van der Waals surface area contributed by atoms with Crippen molar-refractivity contribution in [3.63, 3.8) is 0 Å². The topological polar surface area (TPSA) is 54.4 Å². The van der Waals surface area contributed by atoms with Crippen molar-refractivity contribution in [1.82, 2.24) is 0 Å². The molecule has 0 heterocycles. The summed E-state index contributed by atoms with van der Waals surface area (Å²) in [5, 5.41) is 8.80. The SMILES string of the molecule is Cc1ccc(C(=O)CC(C)(C)CC(=O)O)cc1C. The van der Waals surface area contributed by atoms with Crippen LogP contribution in [0.3, 0.4) is 0 Å². The first kappa shape index (κ1) is 14.4. The number of aryl methyl sites for hydroxylation is 2. The molecule has 0 fully saturated rings. The minimum Gasteiger partial charge on any atom is -0.481 e. The lowest BCUT2D eigenvalue weighted by atomic mass is 9.82. The number of hydrogen-bond acceptors (Lipinski definition) is 2. The van der Waals surface area contributed by atoms with E-state index in [0.29, 0.717) is 5.56 Å². The first-order valence-electron chi connectivity index (χ1n) is 6.03. The van der Waals surface area contributed by atoms with Crippen LogP contribution < -0.4 is 0 Å². The molecule has 0 aliphatic rings. The van der Waals surface area contributed by atoms with Gasteiger partial charge < -0.3 is 5.11 Å². The fraction of sp³-hybridized carbons (Fsp3) is 0.467. The van der Waals surface area contributed by atoms with E-state index in [2.05, 4.69) is 0 Å². The van der Waals surface area contributed by atoms with E-state index in [-0.39, 0.29) is 18.6 Å². The Labute approximate surface area is 108 Å². The van der Waals surface area contributed by atoms with Crippen LogP contribution in [-0.2, 0) is 4.79 Å². The van der Waals surface area contributed by atoms with Gasteiger partial charge in [0.2, 0.25) is 0 Å². The number of carbonyl (C=O) groups excluding carboxylic acids is 1. The number of hydrogen-bond donors (Lipinski definition) is 1. The number of carboxylic acid groups (broad SMARTS) is 1. The molecule has 0 atom stereocenters. The van der Waals surface area contributed by atoms with E-state index in [1.54, 1.807) is 13.8 Å². The van der Waals surface area contributed by atoms with Crippen LogP contribution in [0, 0.1) is 19.3 Å². The summed E-state index contributed by atoms with van der Waals surface area (Å²) in [4.78, 5) is 22.8. The van der Waals surface area contributed by atoms with E-state index in [1.165, 1.54) is 0 Å². The molecule has 98 valence electrons. The molecule has 0 radical (unpaired) electrons. The molecule has 0 aliphatic heterocycles. The van der Waals surface area contributed by atoms with Crippen molar-refractivity contribution < 1.29 is 14.7 Å². The molecule has 3 heteroatoms. The van der Waals surface area contributed by atoms with E-state index in [9.17, 15) is 9.59 Å². The van der Waals surface area contributed by atoms with Crippen LogP contribution in [0.15, 0.2) is 18.2 Å². The molecular formula is C15H20O3. The van der Waals surface area contributed by atoms with E-state index >= 15 is 0 Å². The Hall–Kier alpha value is -1.64. The minimum atomic E-state index is -0.868. The van der Waals surface area contributed by atoms with Gasteiger partial charge >= 0.3 is 5.97 Å². The number of benzene rings is 1. The van der Waals surface area contributed by atoms with Crippen molar-refractivity contribution in [2.45, 2.75) is 40.5 Å². The van der Waals surface area contributed by atoms with E-state index < -0.39 is 11.4 Å². The van der Waals surface area contributed by atoms with Gasteiger partial charge in [-0.15, -0.1) is 0 Å². The normalized spacial score (nSPS) is 11.3. The highest BCUT2D eigenvalue weighted by atomic mass is 16.4. The second-order valence-electron chi connectivity index (χ2n) is 5.63. The first-order chi connectivity index (χ1) is 8.21. The van der Waals surface area contributed by atoms with E-state index in [1.807, 2.05) is 32.0 Å². The lowest BCUT2D eigenvalue weighted by Gasteiger charge is -2.21. The van der Waals surface area contributed by atoms with Crippen LogP contribution in [0.5, 0.6) is 0 Å². The number of aliphatic carboxylic acids is 1. The first-order valence-corrected chi connectivity index (χ1v) is 6.03. The molecule has 0 spiro atoms.